The molecular weight excluding hydrogens is 422 g/mol. The quantitative estimate of drug-likeness (QED) is 0.283. The Hall–Kier alpha value is -1.63. The molecule has 0 heterocycles. The van der Waals surface area contributed by atoms with Gasteiger partial charge in [0.2, 0.25) is 0 Å². The fraction of sp³-hybridized carbons (Fsp3) is 0.517. The SMILES string of the molecule is CC(C)N(c1ccc(C#Cc2ccccc2S[Si](C(C)C)(C(C)C)C(C)C)cc1)C(C)C. The lowest BCUT2D eigenvalue weighted by atomic mass is 10.1. The van der Waals surface area contributed by atoms with Gasteiger partial charge in [-0.1, -0.05) is 65.5 Å². The molecule has 0 radical (unpaired) electrons. The summed E-state index contributed by atoms with van der Waals surface area (Å²) in [6.45, 7) is 23.5. The molecule has 32 heavy (non-hydrogen) atoms. The Morgan fingerprint density at radius 3 is 1.62 bits per heavy atom. The normalized spacial score (nSPS) is 12.1. The highest BCUT2D eigenvalue weighted by molar-refractivity contribution is 8.29. The highest BCUT2D eigenvalue weighted by Gasteiger charge is 2.44. The van der Waals surface area contributed by atoms with E-state index in [1.807, 2.05) is 0 Å². The van der Waals surface area contributed by atoms with Gasteiger partial charge in [0.15, 0.2) is 0 Å². The second-order valence-corrected chi connectivity index (χ2v) is 18.9. The van der Waals surface area contributed by atoms with Crippen LogP contribution in [0.3, 0.4) is 0 Å². The summed E-state index contributed by atoms with van der Waals surface area (Å²) in [6.07, 6.45) is 0. The van der Waals surface area contributed by atoms with Crippen molar-refractivity contribution >= 4 is 24.1 Å². The van der Waals surface area contributed by atoms with E-state index in [-0.39, 0.29) is 0 Å². The minimum atomic E-state index is -1.61. The van der Waals surface area contributed by atoms with Gasteiger partial charge in [-0.3, -0.25) is 0 Å². The average Bonchev–Trinajstić information content (AvgIpc) is 2.70. The Labute approximate surface area is 203 Å². The number of rotatable bonds is 8. The zero-order valence-electron chi connectivity index (χ0n) is 21.9. The maximum Gasteiger partial charge on any atom is 0.131 e. The van der Waals surface area contributed by atoms with Gasteiger partial charge >= 0.3 is 0 Å². The first-order chi connectivity index (χ1) is 15.0. The summed E-state index contributed by atoms with van der Waals surface area (Å²) in [7, 11) is -1.61. The number of hydrogen-bond acceptors (Lipinski definition) is 2. The third-order valence-electron chi connectivity index (χ3n) is 6.50. The van der Waals surface area contributed by atoms with Gasteiger partial charge < -0.3 is 4.90 Å². The molecule has 174 valence electrons. The van der Waals surface area contributed by atoms with E-state index in [2.05, 4.69) is 146 Å². The van der Waals surface area contributed by atoms with Gasteiger partial charge in [-0.2, -0.15) is 0 Å². The molecule has 0 amide bonds. The van der Waals surface area contributed by atoms with Crippen LogP contribution in [0.25, 0.3) is 0 Å². The van der Waals surface area contributed by atoms with Crippen LogP contribution < -0.4 is 4.90 Å². The molecule has 0 aromatic heterocycles. The summed E-state index contributed by atoms with van der Waals surface area (Å²) in [5.41, 5.74) is 5.63. The molecule has 0 atom stereocenters. The lowest BCUT2D eigenvalue weighted by molar-refractivity contribution is 0.608. The molecule has 0 aliphatic heterocycles. The van der Waals surface area contributed by atoms with Crippen molar-refractivity contribution in [1.82, 2.24) is 0 Å². The van der Waals surface area contributed by atoms with Crippen molar-refractivity contribution in [3.05, 3.63) is 59.7 Å². The first-order valence-corrected chi connectivity index (χ1v) is 16.0. The summed E-state index contributed by atoms with van der Waals surface area (Å²) < 4.78 is 0. The maximum atomic E-state index is 3.50. The third kappa shape index (κ3) is 6.03. The molecular formula is C29H43NSSi. The van der Waals surface area contributed by atoms with E-state index in [1.165, 1.54) is 10.6 Å². The van der Waals surface area contributed by atoms with Gasteiger partial charge in [0, 0.05) is 33.8 Å². The van der Waals surface area contributed by atoms with E-state index in [0.717, 1.165) is 11.1 Å². The van der Waals surface area contributed by atoms with E-state index in [4.69, 9.17) is 0 Å². The monoisotopic (exact) mass is 465 g/mol. The van der Waals surface area contributed by atoms with Crippen LogP contribution in [0.5, 0.6) is 0 Å². The highest BCUT2D eigenvalue weighted by Crippen LogP contribution is 2.52. The Morgan fingerprint density at radius 1 is 0.656 bits per heavy atom. The Bertz CT molecular complexity index is 886. The van der Waals surface area contributed by atoms with Gasteiger partial charge in [-0.15, -0.1) is 11.2 Å². The van der Waals surface area contributed by atoms with Crippen molar-refractivity contribution in [2.24, 2.45) is 0 Å². The molecule has 1 nitrogen and oxygen atoms in total. The van der Waals surface area contributed by atoms with Gasteiger partial charge in [-0.25, -0.2) is 0 Å². The average molecular weight is 466 g/mol. The molecule has 0 spiro atoms. The van der Waals surface area contributed by atoms with Gasteiger partial charge in [0.05, 0.1) is 0 Å². The summed E-state index contributed by atoms with van der Waals surface area (Å²) in [5, 5.41) is 0. The molecule has 0 fully saturated rings. The Kier molecular flexibility index (Phi) is 9.55. The van der Waals surface area contributed by atoms with Crippen molar-refractivity contribution in [3.8, 4) is 11.8 Å². The van der Waals surface area contributed by atoms with Gasteiger partial charge in [-0.05, 0) is 80.7 Å². The Balaban J connectivity index is 2.36. The van der Waals surface area contributed by atoms with Crippen LogP contribution >= 0.6 is 11.2 Å². The zero-order valence-corrected chi connectivity index (χ0v) is 23.7. The van der Waals surface area contributed by atoms with E-state index in [0.29, 0.717) is 28.7 Å². The van der Waals surface area contributed by atoms with Crippen LogP contribution in [0.1, 0.15) is 80.4 Å². The standard InChI is InChI=1S/C29H43NSSi/c1-21(2)30(22(3)4)28-19-16-26(17-20-28)15-18-27-13-11-12-14-29(27)31-32(23(5)6,24(7)8)25(9)10/h11-14,16-17,19-25H,1-10H3. The van der Waals surface area contributed by atoms with Crippen LogP contribution in [-0.4, -0.2) is 19.3 Å². The van der Waals surface area contributed by atoms with Crippen LogP contribution in [0.15, 0.2) is 53.4 Å². The van der Waals surface area contributed by atoms with E-state index >= 15 is 0 Å². The fourth-order valence-electron chi connectivity index (χ4n) is 5.25. The molecule has 3 heteroatoms. The third-order valence-corrected chi connectivity index (χ3v) is 18.8. The van der Waals surface area contributed by atoms with Crippen LogP contribution in [0.4, 0.5) is 5.69 Å². The molecule has 0 saturated heterocycles. The van der Waals surface area contributed by atoms with Crippen molar-refractivity contribution in [3.63, 3.8) is 0 Å². The molecule has 0 unspecified atom stereocenters. The molecule has 2 aromatic carbocycles. The molecule has 2 aromatic rings. The molecule has 0 aliphatic carbocycles. The molecule has 0 aliphatic rings. The van der Waals surface area contributed by atoms with Gasteiger partial charge in [0.25, 0.3) is 0 Å². The lowest BCUT2D eigenvalue weighted by Crippen LogP contribution is -2.41. The second kappa shape index (κ2) is 11.5. The predicted molar refractivity (Wildman–Crippen MR) is 149 cm³/mol. The van der Waals surface area contributed by atoms with E-state index in [9.17, 15) is 0 Å². The largest absolute Gasteiger partial charge is 0.367 e. The Morgan fingerprint density at radius 2 is 1.16 bits per heavy atom. The topological polar surface area (TPSA) is 3.24 Å². The summed E-state index contributed by atoms with van der Waals surface area (Å²) >= 11 is 2.16. The predicted octanol–water partition coefficient (Wildman–Crippen LogP) is 8.98. The molecule has 2 rings (SSSR count). The van der Waals surface area contributed by atoms with Crippen molar-refractivity contribution < 1.29 is 0 Å². The minimum absolute atomic E-state index is 0.475. The molecule has 0 bridgehead atoms. The van der Waals surface area contributed by atoms with Crippen LogP contribution in [-0.2, 0) is 0 Å². The van der Waals surface area contributed by atoms with Crippen LogP contribution in [0.2, 0.25) is 16.6 Å². The number of benzene rings is 2. The van der Waals surface area contributed by atoms with Crippen molar-refractivity contribution in [1.29, 1.82) is 0 Å². The maximum absolute atomic E-state index is 3.50. The molecule has 0 N–H and O–H groups in total. The smallest absolute Gasteiger partial charge is 0.131 e. The van der Waals surface area contributed by atoms with Gasteiger partial charge in [0.1, 0.15) is 7.22 Å². The summed E-state index contributed by atoms with van der Waals surface area (Å²) in [6, 6.07) is 18.4. The second-order valence-electron chi connectivity index (χ2n) is 10.3. The first-order valence-electron chi connectivity index (χ1n) is 12.2. The zero-order chi connectivity index (χ0) is 24.1. The van der Waals surface area contributed by atoms with E-state index in [1.54, 1.807) is 0 Å². The number of anilines is 1. The van der Waals surface area contributed by atoms with Crippen molar-refractivity contribution in [2.45, 2.75) is 103 Å². The fourth-order valence-corrected chi connectivity index (χ4v) is 14.5. The summed E-state index contributed by atoms with van der Waals surface area (Å²) in [5.74, 6) is 6.93. The minimum Gasteiger partial charge on any atom is -0.367 e. The molecule has 0 saturated carbocycles. The number of hydrogen-bond donors (Lipinski definition) is 0. The first kappa shape index (κ1) is 26.6. The summed E-state index contributed by atoms with van der Waals surface area (Å²) in [4.78, 5) is 3.79. The van der Waals surface area contributed by atoms with Crippen molar-refractivity contribution in [2.75, 3.05) is 4.90 Å². The lowest BCUT2D eigenvalue weighted by Gasteiger charge is -2.42. The number of nitrogens with zero attached hydrogens (tertiary/aromatic N) is 1. The van der Waals surface area contributed by atoms with Crippen LogP contribution in [0, 0.1) is 11.8 Å². The highest BCUT2D eigenvalue weighted by atomic mass is 32.4. The van der Waals surface area contributed by atoms with E-state index < -0.39 is 7.22 Å².